The van der Waals surface area contributed by atoms with E-state index in [2.05, 4.69) is 10.3 Å². The van der Waals surface area contributed by atoms with Crippen LogP contribution in [0.4, 0.5) is 5.82 Å². The summed E-state index contributed by atoms with van der Waals surface area (Å²) < 4.78 is 5.53. The van der Waals surface area contributed by atoms with E-state index in [4.69, 9.17) is 9.72 Å². The summed E-state index contributed by atoms with van der Waals surface area (Å²) in [5, 5.41) is 3.21. The molecule has 92 valence electrons. The SMILES string of the molecule is CNc1nc(C2CCCOC2)nc2c1CCC2. The van der Waals surface area contributed by atoms with Gasteiger partial charge in [0.2, 0.25) is 0 Å². The molecule has 0 amide bonds. The van der Waals surface area contributed by atoms with Crippen LogP contribution in [0.5, 0.6) is 0 Å². The summed E-state index contributed by atoms with van der Waals surface area (Å²) in [6, 6.07) is 0. The van der Waals surface area contributed by atoms with Crippen LogP contribution in [0.2, 0.25) is 0 Å². The summed E-state index contributed by atoms with van der Waals surface area (Å²) in [5.41, 5.74) is 2.58. The minimum atomic E-state index is 0.391. The van der Waals surface area contributed by atoms with Crippen molar-refractivity contribution in [3.8, 4) is 0 Å². The molecule has 4 heteroatoms. The molecular formula is C13H19N3O. The average Bonchev–Trinajstić information content (AvgIpc) is 2.86. The molecule has 1 N–H and O–H groups in total. The van der Waals surface area contributed by atoms with Gasteiger partial charge in [-0.15, -0.1) is 0 Å². The Hall–Kier alpha value is -1.16. The van der Waals surface area contributed by atoms with Crippen molar-refractivity contribution < 1.29 is 4.74 Å². The first-order valence-corrected chi connectivity index (χ1v) is 6.53. The summed E-state index contributed by atoms with van der Waals surface area (Å²) in [7, 11) is 1.95. The lowest BCUT2D eigenvalue weighted by atomic mass is 10.0. The van der Waals surface area contributed by atoms with Gasteiger partial charge in [-0.2, -0.15) is 0 Å². The van der Waals surface area contributed by atoms with Crippen molar-refractivity contribution in [2.24, 2.45) is 0 Å². The highest BCUT2D eigenvalue weighted by atomic mass is 16.5. The lowest BCUT2D eigenvalue weighted by molar-refractivity contribution is 0.0780. The quantitative estimate of drug-likeness (QED) is 0.847. The Morgan fingerprint density at radius 1 is 1.24 bits per heavy atom. The third kappa shape index (κ3) is 2.02. The second kappa shape index (κ2) is 4.61. The van der Waals surface area contributed by atoms with Crippen molar-refractivity contribution in [3.63, 3.8) is 0 Å². The lowest BCUT2D eigenvalue weighted by Crippen LogP contribution is -2.19. The first-order valence-electron chi connectivity index (χ1n) is 6.53. The van der Waals surface area contributed by atoms with Crippen LogP contribution in [0.1, 0.15) is 42.3 Å². The molecule has 4 nitrogen and oxygen atoms in total. The van der Waals surface area contributed by atoms with Crippen molar-refractivity contribution >= 4 is 5.82 Å². The number of hydrogen-bond donors (Lipinski definition) is 1. The number of ether oxygens (including phenoxy) is 1. The van der Waals surface area contributed by atoms with Crippen LogP contribution < -0.4 is 5.32 Å². The molecule has 1 fully saturated rings. The van der Waals surface area contributed by atoms with Gasteiger partial charge in [-0.1, -0.05) is 0 Å². The second-order valence-electron chi connectivity index (χ2n) is 4.87. The minimum absolute atomic E-state index is 0.391. The first kappa shape index (κ1) is 11.0. The van der Waals surface area contributed by atoms with E-state index in [1.165, 1.54) is 17.7 Å². The van der Waals surface area contributed by atoms with E-state index in [0.717, 1.165) is 50.5 Å². The van der Waals surface area contributed by atoms with Gasteiger partial charge in [0.25, 0.3) is 0 Å². The van der Waals surface area contributed by atoms with E-state index in [9.17, 15) is 0 Å². The van der Waals surface area contributed by atoms with E-state index in [0.29, 0.717) is 5.92 Å². The van der Waals surface area contributed by atoms with E-state index in [-0.39, 0.29) is 0 Å². The molecule has 1 aliphatic heterocycles. The van der Waals surface area contributed by atoms with Crippen molar-refractivity contribution in [1.82, 2.24) is 9.97 Å². The maximum Gasteiger partial charge on any atom is 0.136 e. The Balaban J connectivity index is 1.94. The normalized spacial score (nSPS) is 23.5. The highest BCUT2D eigenvalue weighted by Crippen LogP contribution is 2.30. The predicted molar refractivity (Wildman–Crippen MR) is 66.4 cm³/mol. The Bertz CT molecular complexity index is 413. The maximum atomic E-state index is 5.53. The zero-order valence-corrected chi connectivity index (χ0v) is 10.3. The summed E-state index contributed by atoms with van der Waals surface area (Å²) in [5.74, 6) is 2.41. The largest absolute Gasteiger partial charge is 0.381 e. The van der Waals surface area contributed by atoms with Crippen LogP contribution >= 0.6 is 0 Å². The fraction of sp³-hybridized carbons (Fsp3) is 0.692. The Morgan fingerprint density at radius 3 is 2.94 bits per heavy atom. The van der Waals surface area contributed by atoms with Gasteiger partial charge in [0.15, 0.2) is 0 Å². The van der Waals surface area contributed by atoms with Crippen molar-refractivity contribution in [2.45, 2.75) is 38.0 Å². The molecule has 17 heavy (non-hydrogen) atoms. The van der Waals surface area contributed by atoms with E-state index < -0.39 is 0 Å². The van der Waals surface area contributed by atoms with Crippen molar-refractivity contribution in [1.29, 1.82) is 0 Å². The monoisotopic (exact) mass is 233 g/mol. The van der Waals surface area contributed by atoms with Crippen molar-refractivity contribution in [2.75, 3.05) is 25.6 Å². The van der Waals surface area contributed by atoms with Gasteiger partial charge in [-0.05, 0) is 32.1 Å². The number of hydrogen-bond acceptors (Lipinski definition) is 4. The summed E-state index contributed by atoms with van der Waals surface area (Å²) >= 11 is 0. The Morgan fingerprint density at radius 2 is 2.18 bits per heavy atom. The molecule has 1 aromatic heterocycles. The van der Waals surface area contributed by atoms with Crippen LogP contribution in [0, 0.1) is 0 Å². The van der Waals surface area contributed by atoms with Gasteiger partial charge in [-0.25, -0.2) is 9.97 Å². The topological polar surface area (TPSA) is 47.0 Å². The number of aromatic nitrogens is 2. The minimum Gasteiger partial charge on any atom is -0.381 e. The highest BCUT2D eigenvalue weighted by Gasteiger charge is 2.24. The zero-order valence-electron chi connectivity index (χ0n) is 10.3. The fourth-order valence-corrected chi connectivity index (χ4v) is 2.79. The Labute approximate surface area is 102 Å². The van der Waals surface area contributed by atoms with Crippen LogP contribution in [0.15, 0.2) is 0 Å². The Kier molecular flexibility index (Phi) is 2.97. The number of nitrogens with zero attached hydrogens (tertiary/aromatic N) is 2. The molecule has 0 spiro atoms. The van der Waals surface area contributed by atoms with E-state index in [1.54, 1.807) is 0 Å². The second-order valence-corrected chi connectivity index (χ2v) is 4.87. The van der Waals surface area contributed by atoms with Gasteiger partial charge in [-0.3, -0.25) is 0 Å². The lowest BCUT2D eigenvalue weighted by Gasteiger charge is -2.22. The average molecular weight is 233 g/mol. The highest BCUT2D eigenvalue weighted by molar-refractivity contribution is 5.48. The molecule has 1 aliphatic carbocycles. The summed E-state index contributed by atoms with van der Waals surface area (Å²) in [6.07, 6.45) is 5.71. The standard InChI is InChI=1S/C13H19N3O/c1-14-13-10-5-2-6-11(10)15-12(16-13)9-4-3-7-17-8-9/h9H,2-8H2,1H3,(H,14,15,16). The third-order valence-electron chi connectivity index (χ3n) is 3.71. The number of anilines is 1. The van der Waals surface area contributed by atoms with Crippen molar-refractivity contribution in [3.05, 3.63) is 17.1 Å². The molecule has 1 unspecified atom stereocenters. The van der Waals surface area contributed by atoms with Crippen LogP contribution in [-0.2, 0) is 17.6 Å². The van der Waals surface area contributed by atoms with E-state index >= 15 is 0 Å². The van der Waals surface area contributed by atoms with E-state index in [1.807, 2.05) is 7.05 Å². The number of rotatable bonds is 2. The van der Waals surface area contributed by atoms with Crippen LogP contribution in [-0.4, -0.2) is 30.2 Å². The molecule has 1 aromatic rings. The summed E-state index contributed by atoms with van der Waals surface area (Å²) in [6.45, 7) is 1.67. The molecule has 0 aromatic carbocycles. The summed E-state index contributed by atoms with van der Waals surface area (Å²) in [4.78, 5) is 9.44. The molecular weight excluding hydrogens is 214 g/mol. The zero-order chi connectivity index (χ0) is 11.7. The van der Waals surface area contributed by atoms with Gasteiger partial charge in [0, 0.05) is 30.8 Å². The number of fused-ring (bicyclic) bond motifs is 1. The molecule has 2 aliphatic rings. The number of aryl methyl sites for hydroxylation is 1. The fourth-order valence-electron chi connectivity index (χ4n) is 2.79. The molecule has 3 rings (SSSR count). The first-order chi connectivity index (χ1) is 8.38. The van der Waals surface area contributed by atoms with Gasteiger partial charge >= 0.3 is 0 Å². The predicted octanol–water partition coefficient (Wildman–Crippen LogP) is 1.90. The van der Waals surface area contributed by atoms with Crippen LogP contribution in [0.3, 0.4) is 0 Å². The van der Waals surface area contributed by atoms with Gasteiger partial charge < -0.3 is 10.1 Å². The molecule has 1 saturated heterocycles. The molecule has 0 saturated carbocycles. The maximum absolute atomic E-state index is 5.53. The van der Waals surface area contributed by atoms with Gasteiger partial charge in [0.1, 0.15) is 11.6 Å². The molecule has 2 heterocycles. The molecule has 0 bridgehead atoms. The van der Waals surface area contributed by atoms with Crippen LogP contribution in [0.25, 0.3) is 0 Å². The number of nitrogens with one attached hydrogen (secondary N) is 1. The smallest absolute Gasteiger partial charge is 0.136 e. The molecule has 0 radical (unpaired) electrons. The van der Waals surface area contributed by atoms with Gasteiger partial charge in [0.05, 0.1) is 6.61 Å². The molecule has 1 atom stereocenters. The third-order valence-corrected chi connectivity index (χ3v) is 3.71.